The van der Waals surface area contributed by atoms with Gasteiger partial charge in [0.1, 0.15) is 0 Å². The van der Waals surface area contributed by atoms with E-state index in [2.05, 4.69) is 31.0 Å². The van der Waals surface area contributed by atoms with E-state index in [4.69, 9.17) is 4.74 Å². The molecule has 0 amide bonds. The van der Waals surface area contributed by atoms with Gasteiger partial charge in [-0.2, -0.15) is 0 Å². The van der Waals surface area contributed by atoms with Crippen LogP contribution in [0.2, 0.25) is 0 Å². The zero-order chi connectivity index (χ0) is 15.3. The Labute approximate surface area is 131 Å². The van der Waals surface area contributed by atoms with Gasteiger partial charge in [-0.25, -0.2) is 0 Å². The van der Waals surface area contributed by atoms with E-state index < -0.39 is 0 Å². The molecule has 21 heavy (non-hydrogen) atoms. The summed E-state index contributed by atoms with van der Waals surface area (Å²) in [6, 6.07) is 1.31. The van der Waals surface area contributed by atoms with Gasteiger partial charge in [0, 0.05) is 44.4 Å². The van der Waals surface area contributed by atoms with Crippen molar-refractivity contribution in [2.45, 2.75) is 83.3 Å². The highest BCUT2D eigenvalue weighted by Crippen LogP contribution is 2.37. The maximum absolute atomic E-state index is 5.33. The van der Waals surface area contributed by atoms with Gasteiger partial charge in [0.15, 0.2) is 0 Å². The molecule has 0 aromatic rings. The maximum atomic E-state index is 5.33. The summed E-state index contributed by atoms with van der Waals surface area (Å²) >= 11 is 0. The Morgan fingerprint density at radius 3 is 2.52 bits per heavy atom. The monoisotopic (exact) mass is 296 g/mol. The molecular formula is C18H36N2O. The maximum Gasteiger partial charge on any atom is 0.0477 e. The average molecular weight is 296 g/mol. The molecule has 1 saturated carbocycles. The van der Waals surface area contributed by atoms with Crippen molar-refractivity contribution in [3.8, 4) is 0 Å². The van der Waals surface area contributed by atoms with E-state index in [0.717, 1.165) is 18.9 Å². The van der Waals surface area contributed by atoms with Gasteiger partial charge >= 0.3 is 0 Å². The normalized spacial score (nSPS) is 28.1. The molecule has 0 bridgehead atoms. The highest BCUT2D eigenvalue weighted by atomic mass is 16.5. The lowest BCUT2D eigenvalue weighted by Gasteiger charge is -2.54. The van der Waals surface area contributed by atoms with Gasteiger partial charge in [0.25, 0.3) is 0 Å². The van der Waals surface area contributed by atoms with Gasteiger partial charge in [-0.3, -0.25) is 4.90 Å². The minimum absolute atomic E-state index is 0.429. The minimum atomic E-state index is 0.429. The first-order valence-electron chi connectivity index (χ1n) is 9.06. The van der Waals surface area contributed by atoms with Crippen molar-refractivity contribution in [3.63, 3.8) is 0 Å². The third-order valence-corrected chi connectivity index (χ3v) is 5.56. The summed E-state index contributed by atoms with van der Waals surface area (Å²) in [6.45, 7) is 10.4. The number of piperazine rings is 1. The first kappa shape index (κ1) is 17.2. The Hall–Kier alpha value is -0.120. The molecular weight excluding hydrogens is 260 g/mol. The highest BCUT2D eigenvalue weighted by molar-refractivity contribution is 5.02. The molecule has 2 fully saturated rings. The number of hydrogen-bond donors (Lipinski definition) is 1. The largest absolute Gasteiger partial charge is 0.385 e. The van der Waals surface area contributed by atoms with Crippen LogP contribution in [0.4, 0.5) is 0 Å². The predicted octanol–water partition coefficient (Wildman–Crippen LogP) is 3.43. The smallest absolute Gasteiger partial charge is 0.0477 e. The number of methoxy groups -OCH3 is 1. The second-order valence-electron chi connectivity index (χ2n) is 7.78. The summed E-state index contributed by atoms with van der Waals surface area (Å²) in [4.78, 5) is 2.86. The van der Waals surface area contributed by atoms with Gasteiger partial charge < -0.3 is 10.1 Å². The van der Waals surface area contributed by atoms with Crippen molar-refractivity contribution >= 4 is 0 Å². The van der Waals surface area contributed by atoms with Crippen LogP contribution in [0.15, 0.2) is 0 Å². The van der Waals surface area contributed by atoms with Crippen LogP contribution in [-0.2, 0) is 4.74 Å². The van der Waals surface area contributed by atoms with Crippen molar-refractivity contribution in [1.29, 1.82) is 0 Å². The number of rotatable bonds is 6. The second kappa shape index (κ2) is 7.94. The number of nitrogens with one attached hydrogen (secondary N) is 1. The molecule has 2 unspecified atom stereocenters. The Balaban J connectivity index is 2.05. The van der Waals surface area contributed by atoms with E-state index >= 15 is 0 Å². The SMILES string of the molecule is COCCC(C)N1CC(CC(C)C)NCC12CCCCC2. The Morgan fingerprint density at radius 1 is 1.19 bits per heavy atom. The molecule has 1 aliphatic heterocycles. The topological polar surface area (TPSA) is 24.5 Å². The average Bonchev–Trinajstić information content (AvgIpc) is 2.47. The standard InChI is InChI=1S/C18H36N2O/c1-15(2)12-17-13-20(16(3)8-11-21-4)18(14-19-17)9-6-5-7-10-18/h15-17,19H,5-14H2,1-4H3. The molecule has 3 heteroatoms. The van der Waals surface area contributed by atoms with Crippen LogP contribution in [-0.4, -0.2) is 49.3 Å². The second-order valence-corrected chi connectivity index (χ2v) is 7.78. The Kier molecular flexibility index (Phi) is 6.51. The zero-order valence-corrected chi connectivity index (χ0v) is 14.7. The molecule has 1 saturated heterocycles. The Morgan fingerprint density at radius 2 is 1.90 bits per heavy atom. The highest BCUT2D eigenvalue weighted by Gasteiger charge is 2.43. The van der Waals surface area contributed by atoms with Crippen molar-refractivity contribution in [1.82, 2.24) is 10.2 Å². The Bertz CT molecular complexity index is 300. The number of nitrogens with zero attached hydrogens (tertiary/aromatic N) is 1. The first-order chi connectivity index (χ1) is 10.1. The fourth-order valence-corrected chi connectivity index (χ4v) is 4.42. The van der Waals surface area contributed by atoms with Crippen molar-refractivity contribution < 1.29 is 4.74 Å². The van der Waals surface area contributed by atoms with Gasteiger partial charge in [0.2, 0.25) is 0 Å². The van der Waals surface area contributed by atoms with E-state index in [-0.39, 0.29) is 0 Å². The lowest BCUT2D eigenvalue weighted by Crippen LogP contribution is -2.67. The summed E-state index contributed by atoms with van der Waals surface area (Å²) in [5, 5.41) is 3.88. The first-order valence-corrected chi connectivity index (χ1v) is 9.06. The van der Waals surface area contributed by atoms with Crippen molar-refractivity contribution in [2.75, 3.05) is 26.8 Å². The van der Waals surface area contributed by atoms with Crippen molar-refractivity contribution in [2.24, 2.45) is 5.92 Å². The van der Waals surface area contributed by atoms with Crippen LogP contribution in [0.5, 0.6) is 0 Å². The van der Waals surface area contributed by atoms with Crippen LogP contribution in [0.1, 0.15) is 65.7 Å². The van der Waals surface area contributed by atoms with Gasteiger partial charge in [-0.1, -0.05) is 33.1 Å². The fraction of sp³-hybridized carbons (Fsp3) is 1.00. The van der Waals surface area contributed by atoms with Gasteiger partial charge in [-0.15, -0.1) is 0 Å². The summed E-state index contributed by atoms with van der Waals surface area (Å²) in [5.74, 6) is 0.777. The molecule has 2 rings (SSSR count). The molecule has 0 radical (unpaired) electrons. The third kappa shape index (κ3) is 4.43. The van der Waals surface area contributed by atoms with Crippen LogP contribution < -0.4 is 5.32 Å². The molecule has 0 aromatic heterocycles. The predicted molar refractivity (Wildman–Crippen MR) is 89.7 cm³/mol. The molecule has 2 aliphatic rings. The molecule has 1 heterocycles. The summed E-state index contributed by atoms with van der Waals surface area (Å²) in [5.41, 5.74) is 0.429. The molecule has 0 aromatic carbocycles. The molecule has 1 N–H and O–H groups in total. The van der Waals surface area contributed by atoms with E-state index in [1.54, 1.807) is 0 Å². The van der Waals surface area contributed by atoms with Crippen molar-refractivity contribution in [3.05, 3.63) is 0 Å². The van der Waals surface area contributed by atoms with E-state index in [1.807, 2.05) is 7.11 Å². The quantitative estimate of drug-likeness (QED) is 0.812. The molecule has 1 spiro atoms. The summed E-state index contributed by atoms with van der Waals surface area (Å²) in [6.07, 6.45) is 9.46. The van der Waals surface area contributed by atoms with Crippen LogP contribution in [0.25, 0.3) is 0 Å². The summed E-state index contributed by atoms with van der Waals surface area (Å²) in [7, 11) is 1.82. The minimum Gasteiger partial charge on any atom is -0.385 e. The third-order valence-electron chi connectivity index (χ3n) is 5.56. The molecule has 124 valence electrons. The van der Waals surface area contributed by atoms with Crippen LogP contribution in [0, 0.1) is 5.92 Å². The van der Waals surface area contributed by atoms with Gasteiger partial charge in [0.05, 0.1) is 0 Å². The van der Waals surface area contributed by atoms with E-state index in [0.29, 0.717) is 17.6 Å². The van der Waals surface area contributed by atoms with Gasteiger partial charge in [-0.05, 0) is 38.5 Å². The van der Waals surface area contributed by atoms with E-state index in [1.165, 1.54) is 51.6 Å². The lowest BCUT2D eigenvalue weighted by atomic mass is 9.77. The molecule has 1 aliphatic carbocycles. The fourth-order valence-electron chi connectivity index (χ4n) is 4.42. The number of hydrogen-bond acceptors (Lipinski definition) is 3. The van der Waals surface area contributed by atoms with Crippen LogP contribution >= 0.6 is 0 Å². The lowest BCUT2D eigenvalue weighted by molar-refractivity contribution is -0.0278. The number of ether oxygens (including phenoxy) is 1. The van der Waals surface area contributed by atoms with Crippen LogP contribution in [0.3, 0.4) is 0 Å². The van der Waals surface area contributed by atoms with E-state index in [9.17, 15) is 0 Å². The summed E-state index contributed by atoms with van der Waals surface area (Å²) < 4.78 is 5.33. The zero-order valence-electron chi connectivity index (χ0n) is 14.7. The molecule has 2 atom stereocenters. The molecule has 3 nitrogen and oxygen atoms in total.